The molecule has 0 saturated carbocycles. The fourth-order valence-electron chi connectivity index (χ4n) is 2.56. The highest BCUT2D eigenvalue weighted by Crippen LogP contribution is 2.30. The van der Waals surface area contributed by atoms with E-state index in [4.69, 9.17) is 9.47 Å². The Morgan fingerprint density at radius 2 is 1.92 bits per heavy atom. The first-order chi connectivity index (χ1) is 12.3. The van der Waals surface area contributed by atoms with Crippen LogP contribution in [-0.4, -0.2) is 32.0 Å². The molecular formula is C16H17N3O5S2. The smallest absolute Gasteiger partial charge is 0.279 e. The predicted molar refractivity (Wildman–Crippen MR) is 99.2 cm³/mol. The SMILES string of the molecule is COc1ccc(NS(=O)(=O)c2c(C)nc3scc(C)n3c2=O)c(OC)c1. The summed E-state index contributed by atoms with van der Waals surface area (Å²) in [6.45, 7) is 3.22. The van der Waals surface area contributed by atoms with Crippen LogP contribution in [0.1, 0.15) is 11.4 Å². The number of hydrogen-bond donors (Lipinski definition) is 1. The third-order valence-electron chi connectivity index (χ3n) is 3.79. The zero-order valence-electron chi connectivity index (χ0n) is 14.6. The first-order valence-electron chi connectivity index (χ1n) is 7.51. The number of nitrogens with zero attached hydrogens (tertiary/aromatic N) is 2. The molecule has 0 spiro atoms. The highest BCUT2D eigenvalue weighted by Gasteiger charge is 2.26. The molecule has 1 N–H and O–H groups in total. The van der Waals surface area contributed by atoms with Gasteiger partial charge in [0.05, 0.1) is 25.6 Å². The second-order valence-electron chi connectivity index (χ2n) is 5.50. The average Bonchev–Trinajstić information content (AvgIpc) is 2.95. The summed E-state index contributed by atoms with van der Waals surface area (Å²) in [6.07, 6.45) is 0. The van der Waals surface area contributed by atoms with Crippen molar-refractivity contribution in [3.63, 3.8) is 0 Å². The summed E-state index contributed by atoms with van der Waals surface area (Å²) in [5.41, 5.74) is 0.322. The number of sulfonamides is 1. The third kappa shape index (κ3) is 3.01. The summed E-state index contributed by atoms with van der Waals surface area (Å²) in [4.78, 5) is 17.1. The van der Waals surface area contributed by atoms with Crippen LogP contribution in [0.5, 0.6) is 11.5 Å². The van der Waals surface area contributed by atoms with Crippen LogP contribution in [0.4, 0.5) is 5.69 Å². The van der Waals surface area contributed by atoms with E-state index in [2.05, 4.69) is 9.71 Å². The number of aromatic nitrogens is 2. The molecule has 0 fully saturated rings. The van der Waals surface area contributed by atoms with Gasteiger partial charge in [-0.05, 0) is 26.0 Å². The van der Waals surface area contributed by atoms with E-state index in [0.29, 0.717) is 16.4 Å². The molecule has 26 heavy (non-hydrogen) atoms. The quantitative estimate of drug-likeness (QED) is 0.711. The van der Waals surface area contributed by atoms with E-state index in [1.165, 1.54) is 42.9 Å². The standard InChI is InChI=1S/C16H17N3O5S2/c1-9-8-25-16-17-10(2)14(15(20)19(9)16)26(21,22)18-12-6-5-11(23-3)7-13(12)24-4/h5-8,18H,1-4H3. The molecule has 0 atom stereocenters. The molecule has 0 aliphatic rings. The van der Waals surface area contributed by atoms with Crippen LogP contribution in [-0.2, 0) is 10.0 Å². The number of hydrogen-bond acceptors (Lipinski definition) is 7. The van der Waals surface area contributed by atoms with Crippen LogP contribution in [0.2, 0.25) is 0 Å². The minimum absolute atomic E-state index is 0.136. The molecule has 0 bridgehead atoms. The van der Waals surface area contributed by atoms with Gasteiger partial charge in [-0.15, -0.1) is 11.3 Å². The Kier molecular flexibility index (Phi) is 4.63. The first kappa shape index (κ1) is 18.2. The zero-order valence-corrected chi connectivity index (χ0v) is 16.2. The number of rotatable bonds is 5. The number of anilines is 1. The minimum atomic E-state index is -4.17. The monoisotopic (exact) mass is 395 g/mol. The number of aryl methyl sites for hydroxylation is 2. The van der Waals surface area contributed by atoms with Gasteiger partial charge in [0.15, 0.2) is 9.86 Å². The Labute approximate surface area is 154 Å². The van der Waals surface area contributed by atoms with Gasteiger partial charge in [0.25, 0.3) is 15.6 Å². The van der Waals surface area contributed by atoms with Crippen molar-refractivity contribution in [3.05, 3.63) is 45.3 Å². The molecule has 2 aromatic heterocycles. The Bertz CT molecular complexity index is 1150. The van der Waals surface area contributed by atoms with Gasteiger partial charge in [0, 0.05) is 17.1 Å². The molecule has 138 valence electrons. The van der Waals surface area contributed by atoms with Gasteiger partial charge < -0.3 is 9.47 Å². The minimum Gasteiger partial charge on any atom is -0.497 e. The van der Waals surface area contributed by atoms with Gasteiger partial charge in [-0.2, -0.15) is 0 Å². The van der Waals surface area contributed by atoms with E-state index in [1.807, 2.05) is 0 Å². The Morgan fingerprint density at radius 3 is 2.58 bits per heavy atom. The second kappa shape index (κ2) is 6.61. The van der Waals surface area contributed by atoms with E-state index >= 15 is 0 Å². The van der Waals surface area contributed by atoms with Gasteiger partial charge in [0.2, 0.25) is 0 Å². The fourth-order valence-corrected chi connectivity index (χ4v) is 4.78. The van der Waals surface area contributed by atoms with E-state index in [1.54, 1.807) is 24.4 Å². The van der Waals surface area contributed by atoms with Crippen LogP contribution < -0.4 is 19.8 Å². The molecule has 0 aliphatic heterocycles. The number of thiazole rings is 1. The second-order valence-corrected chi connectivity index (χ2v) is 7.95. The lowest BCUT2D eigenvalue weighted by Crippen LogP contribution is -2.28. The van der Waals surface area contributed by atoms with Crippen molar-refractivity contribution < 1.29 is 17.9 Å². The summed E-state index contributed by atoms with van der Waals surface area (Å²) >= 11 is 1.28. The molecule has 3 rings (SSSR count). The predicted octanol–water partition coefficient (Wildman–Crippen LogP) is 2.19. The molecule has 10 heteroatoms. The first-order valence-corrected chi connectivity index (χ1v) is 9.87. The molecule has 0 aliphatic carbocycles. The molecular weight excluding hydrogens is 378 g/mol. The number of ether oxygens (including phenoxy) is 2. The third-order valence-corrected chi connectivity index (χ3v) is 6.23. The van der Waals surface area contributed by atoms with Crippen LogP contribution in [0.25, 0.3) is 4.96 Å². The number of fused-ring (bicyclic) bond motifs is 1. The molecule has 0 saturated heterocycles. The van der Waals surface area contributed by atoms with Crippen molar-refractivity contribution in [1.82, 2.24) is 9.38 Å². The Hall–Kier alpha value is -2.59. The van der Waals surface area contributed by atoms with Crippen LogP contribution in [0.15, 0.2) is 33.3 Å². The van der Waals surface area contributed by atoms with Crippen molar-refractivity contribution in [1.29, 1.82) is 0 Å². The highest BCUT2D eigenvalue weighted by molar-refractivity contribution is 7.92. The lowest BCUT2D eigenvalue weighted by molar-refractivity contribution is 0.395. The molecule has 1 aromatic carbocycles. The van der Waals surface area contributed by atoms with Gasteiger partial charge >= 0.3 is 0 Å². The fraction of sp³-hybridized carbons (Fsp3) is 0.250. The number of methoxy groups -OCH3 is 2. The van der Waals surface area contributed by atoms with Gasteiger partial charge in [-0.1, -0.05) is 0 Å². The lowest BCUT2D eigenvalue weighted by atomic mass is 10.3. The lowest BCUT2D eigenvalue weighted by Gasteiger charge is -2.13. The summed E-state index contributed by atoms with van der Waals surface area (Å²) < 4.78 is 39.8. The summed E-state index contributed by atoms with van der Waals surface area (Å²) in [5, 5.41) is 1.75. The average molecular weight is 395 g/mol. The topological polar surface area (TPSA) is 99.0 Å². The van der Waals surface area contributed by atoms with Gasteiger partial charge in [-0.25, -0.2) is 13.4 Å². The van der Waals surface area contributed by atoms with E-state index in [-0.39, 0.29) is 17.1 Å². The van der Waals surface area contributed by atoms with Crippen LogP contribution in [0, 0.1) is 13.8 Å². The maximum absolute atomic E-state index is 12.9. The van der Waals surface area contributed by atoms with Crippen molar-refractivity contribution >= 4 is 32.0 Å². The van der Waals surface area contributed by atoms with Crippen molar-refractivity contribution in [3.8, 4) is 11.5 Å². The van der Waals surface area contributed by atoms with Crippen molar-refractivity contribution in [2.45, 2.75) is 18.7 Å². The van der Waals surface area contributed by atoms with Crippen LogP contribution in [0.3, 0.4) is 0 Å². The number of nitrogens with one attached hydrogen (secondary N) is 1. The maximum atomic E-state index is 12.9. The van der Waals surface area contributed by atoms with Gasteiger partial charge in [0.1, 0.15) is 11.5 Å². The molecule has 0 amide bonds. The maximum Gasteiger partial charge on any atom is 0.279 e. The van der Waals surface area contributed by atoms with E-state index < -0.39 is 20.5 Å². The summed E-state index contributed by atoms with van der Waals surface area (Å²) in [5.74, 6) is 0.782. The van der Waals surface area contributed by atoms with E-state index in [0.717, 1.165) is 0 Å². The Morgan fingerprint density at radius 1 is 1.19 bits per heavy atom. The van der Waals surface area contributed by atoms with Crippen LogP contribution >= 0.6 is 11.3 Å². The Balaban J connectivity index is 2.14. The molecule has 0 radical (unpaired) electrons. The largest absolute Gasteiger partial charge is 0.497 e. The van der Waals surface area contributed by atoms with Crippen molar-refractivity contribution in [2.75, 3.05) is 18.9 Å². The highest BCUT2D eigenvalue weighted by atomic mass is 32.2. The summed E-state index contributed by atoms with van der Waals surface area (Å²) in [7, 11) is -1.27. The zero-order chi connectivity index (χ0) is 19.1. The summed E-state index contributed by atoms with van der Waals surface area (Å²) in [6, 6.07) is 4.64. The van der Waals surface area contributed by atoms with Crippen molar-refractivity contribution in [2.24, 2.45) is 0 Å². The molecule has 3 aromatic rings. The number of benzene rings is 1. The van der Waals surface area contributed by atoms with E-state index in [9.17, 15) is 13.2 Å². The molecule has 8 nitrogen and oxygen atoms in total. The molecule has 0 unspecified atom stereocenters. The molecule has 2 heterocycles. The van der Waals surface area contributed by atoms with Gasteiger partial charge in [-0.3, -0.25) is 13.9 Å². The normalized spacial score (nSPS) is 11.5.